The van der Waals surface area contributed by atoms with Crippen molar-refractivity contribution in [3.63, 3.8) is 0 Å². The molecule has 1 saturated heterocycles. The largest absolute Gasteiger partial charge is 0.434 e. The van der Waals surface area contributed by atoms with Gasteiger partial charge in [-0.15, -0.1) is 5.10 Å². The van der Waals surface area contributed by atoms with Crippen molar-refractivity contribution in [3.05, 3.63) is 33.9 Å². The van der Waals surface area contributed by atoms with E-state index in [0.717, 1.165) is 36.2 Å². The van der Waals surface area contributed by atoms with Crippen LogP contribution in [0.4, 0.5) is 14.5 Å². The number of ether oxygens (including phenoxy) is 1. The van der Waals surface area contributed by atoms with Gasteiger partial charge in [-0.1, -0.05) is 11.8 Å². The molecule has 2 rings (SSSR count). The van der Waals surface area contributed by atoms with Crippen LogP contribution in [0.2, 0.25) is 0 Å². The second-order valence-electron chi connectivity index (χ2n) is 3.84. The second-order valence-corrected chi connectivity index (χ2v) is 4.81. The molecule has 11 heteroatoms. The number of nitrogens with zero attached hydrogens (tertiary/aromatic N) is 3. The van der Waals surface area contributed by atoms with Gasteiger partial charge in [-0.25, -0.2) is 0 Å². The average Bonchev–Trinajstić information content (AvgIpc) is 2.85. The van der Waals surface area contributed by atoms with E-state index in [4.69, 9.17) is 0 Å². The lowest BCUT2D eigenvalue weighted by Crippen LogP contribution is -2.19. The lowest BCUT2D eigenvalue weighted by molar-refractivity contribution is -0.384. The lowest BCUT2D eigenvalue weighted by atomic mass is 10.2. The van der Waals surface area contributed by atoms with Crippen LogP contribution in [0.5, 0.6) is 5.75 Å². The van der Waals surface area contributed by atoms with Crippen molar-refractivity contribution in [1.29, 1.82) is 0 Å². The molecule has 1 aromatic carbocycles. The van der Waals surface area contributed by atoms with Crippen LogP contribution in [-0.4, -0.2) is 34.6 Å². The predicted octanol–water partition coefficient (Wildman–Crippen LogP) is 1.75. The summed E-state index contributed by atoms with van der Waals surface area (Å²) in [5.41, 5.74) is -0.340. The van der Waals surface area contributed by atoms with Crippen LogP contribution in [0.15, 0.2) is 28.4 Å². The minimum Gasteiger partial charge on any atom is -0.434 e. The van der Waals surface area contributed by atoms with Crippen LogP contribution >= 0.6 is 11.8 Å². The summed E-state index contributed by atoms with van der Waals surface area (Å²) >= 11 is 1.12. The van der Waals surface area contributed by atoms with Gasteiger partial charge < -0.3 is 10.1 Å². The fraction of sp³-hybridized carbons (Fsp3) is 0.182. The fourth-order valence-corrected chi connectivity index (χ4v) is 2.11. The van der Waals surface area contributed by atoms with E-state index in [-0.39, 0.29) is 33.8 Å². The maximum absolute atomic E-state index is 12.3. The quantitative estimate of drug-likeness (QED) is 0.503. The molecule has 0 aliphatic carbocycles. The highest BCUT2D eigenvalue weighted by Crippen LogP contribution is 2.24. The molecule has 8 nitrogen and oxygen atoms in total. The molecule has 116 valence electrons. The monoisotopic (exact) mass is 330 g/mol. The fourth-order valence-electron chi connectivity index (χ4n) is 1.48. The lowest BCUT2D eigenvalue weighted by Gasteiger charge is -2.06. The second kappa shape index (κ2) is 6.93. The molecule has 0 aromatic heterocycles. The van der Waals surface area contributed by atoms with E-state index < -0.39 is 11.5 Å². The van der Waals surface area contributed by atoms with E-state index in [9.17, 15) is 23.7 Å². The Labute approximate surface area is 126 Å². The summed E-state index contributed by atoms with van der Waals surface area (Å²) in [4.78, 5) is 21.0. The first-order chi connectivity index (χ1) is 10.5. The summed E-state index contributed by atoms with van der Waals surface area (Å²) < 4.78 is 28.8. The third-order valence-corrected chi connectivity index (χ3v) is 3.22. The van der Waals surface area contributed by atoms with Gasteiger partial charge in [0, 0.05) is 17.7 Å². The summed E-state index contributed by atoms with van der Waals surface area (Å²) in [5.74, 6) is -0.283. The van der Waals surface area contributed by atoms with Gasteiger partial charge in [0.15, 0.2) is 5.17 Å². The molecule has 0 spiro atoms. The van der Waals surface area contributed by atoms with Gasteiger partial charge in [-0.05, 0) is 6.07 Å². The van der Waals surface area contributed by atoms with Gasteiger partial charge in [-0.2, -0.15) is 13.9 Å². The molecule has 22 heavy (non-hydrogen) atoms. The van der Waals surface area contributed by atoms with Crippen LogP contribution in [0, 0.1) is 10.1 Å². The highest BCUT2D eigenvalue weighted by atomic mass is 32.2. The summed E-state index contributed by atoms with van der Waals surface area (Å²) in [5, 5.41) is 20.6. The number of benzene rings is 1. The Balaban J connectivity index is 2.24. The first-order valence-electron chi connectivity index (χ1n) is 5.72. The number of hydrogen-bond acceptors (Lipinski definition) is 7. The van der Waals surface area contributed by atoms with E-state index in [1.165, 1.54) is 0 Å². The Hall–Kier alpha value is -2.56. The topological polar surface area (TPSA) is 106 Å². The molecule has 0 atom stereocenters. The average molecular weight is 330 g/mol. The van der Waals surface area contributed by atoms with E-state index in [1.807, 2.05) is 0 Å². The van der Waals surface area contributed by atoms with Crippen molar-refractivity contribution in [3.8, 4) is 5.75 Å². The molecule has 1 amide bonds. The molecule has 0 saturated carbocycles. The van der Waals surface area contributed by atoms with E-state index in [0.29, 0.717) is 0 Å². The molecule has 0 unspecified atom stereocenters. The number of thioether (sulfide) groups is 1. The number of nitrogens with one attached hydrogen (secondary N) is 1. The standard InChI is InChI=1S/C11H8F2N4O4S/c12-10(13)21-8-2-1-7(17(19)20)3-6(8)4-14-16-11-15-9(18)5-22-11/h1-4,10H,5H2,(H,15,16,18). The first-order valence-corrected chi connectivity index (χ1v) is 6.71. The number of nitro groups is 1. The molecule has 1 heterocycles. The summed E-state index contributed by atoms with van der Waals surface area (Å²) in [6, 6.07) is 3.11. The number of hydrogen-bond donors (Lipinski definition) is 1. The third-order valence-electron chi connectivity index (χ3n) is 2.35. The predicted molar refractivity (Wildman–Crippen MR) is 75.4 cm³/mol. The van der Waals surface area contributed by atoms with Crippen LogP contribution in [0.3, 0.4) is 0 Å². The molecule has 1 aliphatic heterocycles. The summed E-state index contributed by atoms with van der Waals surface area (Å²) in [6.07, 6.45) is 1.03. The number of carbonyl (C=O) groups is 1. The number of carbonyl (C=O) groups excluding carboxylic acids is 1. The van der Waals surface area contributed by atoms with Gasteiger partial charge in [0.1, 0.15) is 5.75 Å². The van der Waals surface area contributed by atoms with Crippen molar-refractivity contribution in [2.45, 2.75) is 6.61 Å². The molecular weight excluding hydrogens is 322 g/mol. The minimum absolute atomic E-state index is 0.0341. The van der Waals surface area contributed by atoms with Crippen LogP contribution in [-0.2, 0) is 4.79 Å². The Morgan fingerprint density at radius 2 is 2.27 bits per heavy atom. The van der Waals surface area contributed by atoms with Crippen LogP contribution in [0.25, 0.3) is 0 Å². The molecular formula is C11H8F2N4O4S. The number of non-ortho nitro benzene ring substituents is 1. The molecule has 1 N–H and O–H groups in total. The van der Waals surface area contributed by atoms with E-state index in [1.54, 1.807) is 0 Å². The molecule has 1 aliphatic rings. The van der Waals surface area contributed by atoms with Crippen molar-refractivity contribution in [1.82, 2.24) is 5.32 Å². The highest BCUT2D eigenvalue weighted by molar-refractivity contribution is 8.15. The zero-order valence-corrected chi connectivity index (χ0v) is 11.5. The van der Waals surface area contributed by atoms with E-state index in [2.05, 4.69) is 20.3 Å². The third kappa shape index (κ3) is 4.22. The number of alkyl halides is 2. The normalized spacial score (nSPS) is 16.5. The molecule has 0 radical (unpaired) electrons. The number of halogens is 2. The van der Waals surface area contributed by atoms with Crippen molar-refractivity contribution in [2.24, 2.45) is 10.2 Å². The smallest absolute Gasteiger partial charge is 0.387 e. The molecule has 1 aromatic rings. The maximum Gasteiger partial charge on any atom is 0.387 e. The minimum atomic E-state index is -3.08. The number of nitro benzene ring substituents is 1. The van der Waals surface area contributed by atoms with Crippen molar-refractivity contribution >= 4 is 34.7 Å². The zero-order valence-electron chi connectivity index (χ0n) is 10.7. The number of rotatable bonds is 5. The van der Waals surface area contributed by atoms with Crippen molar-refractivity contribution in [2.75, 3.05) is 5.75 Å². The van der Waals surface area contributed by atoms with Gasteiger partial charge in [-0.3, -0.25) is 14.9 Å². The maximum atomic E-state index is 12.3. The number of amidine groups is 1. The SMILES string of the molecule is O=C1CSC(=NN=Cc2cc([N+](=O)[O-])ccc2OC(F)F)N1. The first kappa shape index (κ1) is 15.8. The Morgan fingerprint density at radius 3 is 2.86 bits per heavy atom. The Bertz CT molecular complexity index is 665. The van der Waals surface area contributed by atoms with E-state index >= 15 is 0 Å². The Morgan fingerprint density at radius 1 is 1.50 bits per heavy atom. The van der Waals surface area contributed by atoms with Crippen LogP contribution < -0.4 is 10.1 Å². The van der Waals surface area contributed by atoms with Crippen LogP contribution in [0.1, 0.15) is 5.56 Å². The van der Waals surface area contributed by atoms with Gasteiger partial charge >= 0.3 is 6.61 Å². The van der Waals surface area contributed by atoms with Crippen molar-refractivity contribution < 1.29 is 23.2 Å². The van der Waals surface area contributed by atoms with Gasteiger partial charge in [0.05, 0.1) is 16.9 Å². The highest BCUT2D eigenvalue weighted by Gasteiger charge is 2.16. The molecule has 0 bridgehead atoms. The molecule has 1 fully saturated rings. The number of amides is 1. The zero-order chi connectivity index (χ0) is 16.1. The summed E-state index contributed by atoms with van der Waals surface area (Å²) in [6.45, 7) is -3.08. The summed E-state index contributed by atoms with van der Waals surface area (Å²) in [7, 11) is 0. The van der Waals surface area contributed by atoms with Gasteiger partial charge in [0.2, 0.25) is 5.91 Å². The van der Waals surface area contributed by atoms with Gasteiger partial charge in [0.25, 0.3) is 5.69 Å². The Kier molecular flexibility index (Phi) is 4.99.